The van der Waals surface area contributed by atoms with Gasteiger partial charge in [0.05, 0.1) is 6.04 Å². The maximum atomic E-state index is 12.0. The average Bonchev–Trinajstić information content (AvgIpc) is 2.68. The third-order valence-electron chi connectivity index (χ3n) is 3.93. The molecule has 0 spiro atoms. The standard InChI is InChI=1S/C13H24N2O/c1-13(2)7-3-5-10(9-13)15-12(16)11-6-4-8-14-11/h10-11,14H,3-9H2,1-2H3,(H,15,16). The number of nitrogens with one attached hydrogen (secondary N) is 2. The molecule has 0 bridgehead atoms. The Morgan fingerprint density at radius 3 is 2.75 bits per heavy atom. The molecule has 0 aromatic rings. The van der Waals surface area contributed by atoms with Gasteiger partial charge in [-0.2, -0.15) is 0 Å². The molecule has 1 saturated carbocycles. The van der Waals surface area contributed by atoms with Crippen molar-refractivity contribution in [3.8, 4) is 0 Å². The third kappa shape index (κ3) is 2.97. The van der Waals surface area contributed by atoms with Crippen molar-refractivity contribution < 1.29 is 4.79 Å². The molecule has 1 heterocycles. The Morgan fingerprint density at radius 1 is 1.31 bits per heavy atom. The van der Waals surface area contributed by atoms with Gasteiger partial charge >= 0.3 is 0 Å². The second-order valence-corrected chi connectivity index (χ2v) is 6.12. The summed E-state index contributed by atoms with van der Waals surface area (Å²) >= 11 is 0. The molecule has 16 heavy (non-hydrogen) atoms. The minimum absolute atomic E-state index is 0.0741. The number of carbonyl (C=O) groups is 1. The predicted molar refractivity (Wildman–Crippen MR) is 65.2 cm³/mol. The van der Waals surface area contributed by atoms with Gasteiger partial charge in [-0.1, -0.05) is 20.3 Å². The predicted octanol–water partition coefficient (Wildman–Crippen LogP) is 1.82. The van der Waals surface area contributed by atoms with Crippen LogP contribution in [0.2, 0.25) is 0 Å². The second-order valence-electron chi connectivity index (χ2n) is 6.12. The zero-order chi connectivity index (χ0) is 11.6. The van der Waals surface area contributed by atoms with Gasteiger partial charge in [0.1, 0.15) is 0 Å². The first-order chi connectivity index (χ1) is 7.57. The van der Waals surface area contributed by atoms with E-state index in [1.807, 2.05) is 0 Å². The van der Waals surface area contributed by atoms with Crippen LogP contribution < -0.4 is 10.6 Å². The Kier molecular flexibility index (Phi) is 3.53. The summed E-state index contributed by atoms with van der Waals surface area (Å²) in [5, 5.41) is 6.47. The molecule has 3 nitrogen and oxygen atoms in total. The fourth-order valence-corrected chi connectivity index (χ4v) is 3.03. The molecular formula is C13H24N2O. The molecule has 3 heteroatoms. The van der Waals surface area contributed by atoms with Crippen LogP contribution in [-0.2, 0) is 4.79 Å². The van der Waals surface area contributed by atoms with Crippen LogP contribution >= 0.6 is 0 Å². The van der Waals surface area contributed by atoms with E-state index in [0.29, 0.717) is 11.5 Å². The normalized spacial score (nSPS) is 33.6. The van der Waals surface area contributed by atoms with Crippen molar-refractivity contribution in [3.05, 3.63) is 0 Å². The lowest BCUT2D eigenvalue weighted by Crippen LogP contribution is -2.47. The highest BCUT2D eigenvalue weighted by molar-refractivity contribution is 5.82. The van der Waals surface area contributed by atoms with Gasteiger partial charge in [-0.05, 0) is 44.1 Å². The molecule has 1 aliphatic carbocycles. The molecule has 0 aromatic heterocycles. The summed E-state index contributed by atoms with van der Waals surface area (Å²) in [5.41, 5.74) is 0.402. The smallest absolute Gasteiger partial charge is 0.237 e. The maximum absolute atomic E-state index is 12.0. The van der Waals surface area contributed by atoms with E-state index in [4.69, 9.17) is 0 Å². The molecule has 0 aromatic carbocycles. The van der Waals surface area contributed by atoms with Crippen molar-refractivity contribution >= 4 is 5.91 Å². The third-order valence-corrected chi connectivity index (χ3v) is 3.93. The number of amides is 1. The van der Waals surface area contributed by atoms with E-state index < -0.39 is 0 Å². The highest BCUT2D eigenvalue weighted by Crippen LogP contribution is 2.35. The summed E-state index contributed by atoms with van der Waals surface area (Å²) in [7, 11) is 0. The van der Waals surface area contributed by atoms with Crippen LogP contribution in [0.15, 0.2) is 0 Å². The molecule has 2 unspecified atom stereocenters. The first-order valence-electron chi connectivity index (χ1n) is 6.61. The van der Waals surface area contributed by atoms with Crippen LogP contribution in [0, 0.1) is 5.41 Å². The van der Waals surface area contributed by atoms with Gasteiger partial charge in [0, 0.05) is 6.04 Å². The van der Waals surface area contributed by atoms with Crippen LogP contribution in [-0.4, -0.2) is 24.5 Å². The van der Waals surface area contributed by atoms with Gasteiger partial charge in [0.15, 0.2) is 0 Å². The highest BCUT2D eigenvalue weighted by atomic mass is 16.2. The number of rotatable bonds is 2. The van der Waals surface area contributed by atoms with Crippen LogP contribution in [0.5, 0.6) is 0 Å². The molecule has 2 atom stereocenters. The molecule has 1 saturated heterocycles. The van der Waals surface area contributed by atoms with Gasteiger partial charge < -0.3 is 10.6 Å². The average molecular weight is 224 g/mol. The summed E-state index contributed by atoms with van der Waals surface area (Å²) in [6, 6.07) is 0.476. The Labute approximate surface area is 98.4 Å². The lowest BCUT2D eigenvalue weighted by molar-refractivity contribution is -0.123. The summed E-state index contributed by atoms with van der Waals surface area (Å²) < 4.78 is 0. The summed E-state index contributed by atoms with van der Waals surface area (Å²) in [6.45, 7) is 5.60. The molecule has 2 aliphatic rings. The lowest BCUT2D eigenvalue weighted by Gasteiger charge is -2.36. The van der Waals surface area contributed by atoms with Crippen LogP contribution in [0.1, 0.15) is 52.4 Å². The highest BCUT2D eigenvalue weighted by Gasteiger charge is 2.30. The van der Waals surface area contributed by atoms with Gasteiger partial charge in [-0.15, -0.1) is 0 Å². The van der Waals surface area contributed by atoms with Crippen molar-refractivity contribution in [2.75, 3.05) is 6.54 Å². The fourth-order valence-electron chi connectivity index (χ4n) is 3.03. The minimum atomic E-state index is 0.0741. The Balaban J connectivity index is 1.82. The van der Waals surface area contributed by atoms with E-state index in [-0.39, 0.29) is 11.9 Å². The van der Waals surface area contributed by atoms with E-state index in [0.717, 1.165) is 32.2 Å². The van der Waals surface area contributed by atoms with E-state index >= 15 is 0 Å². The van der Waals surface area contributed by atoms with Crippen molar-refractivity contribution in [1.29, 1.82) is 0 Å². The second kappa shape index (κ2) is 4.74. The maximum Gasteiger partial charge on any atom is 0.237 e. The Bertz CT molecular complexity index is 257. The zero-order valence-electron chi connectivity index (χ0n) is 10.5. The molecular weight excluding hydrogens is 200 g/mol. The van der Waals surface area contributed by atoms with Crippen molar-refractivity contribution in [1.82, 2.24) is 10.6 Å². The lowest BCUT2D eigenvalue weighted by atomic mass is 9.75. The van der Waals surface area contributed by atoms with E-state index in [2.05, 4.69) is 24.5 Å². The van der Waals surface area contributed by atoms with Gasteiger partial charge in [-0.25, -0.2) is 0 Å². The first-order valence-corrected chi connectivity index (χ1v) is 6.61. The van der Waals surface area contributed by atoms with Gasteiger partial charge in [0.2, 0.25) is 5.91 Å². The van der Waals surface area contributed by atoms with E-state index in [1.54, 1.807) is 0 Å². The van der Waals surface area contributed by atoms with Crippen molar-refractivity contribution in [2.24, 2.45) is 5.41 Å². The van der Waals surface area contributed by atoms with Crippen molar-refractivity contribution in [2.45, 2.75) is 64.5 Å². The minimum Gasteiger partial charge on any atom is -0.352 e. The zero-order valence-corrected chi connectivity index (χ0v) is 10.5. The quantitative estimate of drug-likeness (QED) is 0.751. The SMILES string of the molecule is CC1(C)CCCC(NC(=O)C2CCCN2)C1. The van der Waals surface area contributed by atoms with Crippen LogP contribution in [0.3, 0.4) is 0 Å². The van der Waals surface area contributed by atoms with E-state index in [1.165, 1.54) is 12.8 Å². The molecule has 2 N–H and O–H groups in total. The summed E-state index contributed by atoms with van der Waals surface area (Å²) in [5.74, 6) is 0.222. The van der Waals surface area contributed by atoms with Crippen molar-refractivity contribution in [3.63, 3.8) is 0 Å². The Hall–Kier alpha value is -0.570. The van der Waals surface area contributed by atoms with Gasteiger partial charge in [0.25, 0.3) is 0 Å². The fraction of sp³-hybridized carbons (Fsp3) is 0.923. The summed E-state index contributed by atoms with van der Waals surface area (Å²) in [4.78, 5) is 12.0. The Morgan fingerprint density at radius 2 is 2.12 bits per heavy atom. The molecule has 1 amide bonds. The monoisotopic (exact) mass is 224 g/mol. The number of hydrogen-bond acceptors (Lipinski definition) is 2. The summed E-state index contributed by atoms with van der Waals surface area (Å²) in [6.07, 6.45) is 6.96. The van der Waals surface area contributed by atoms with Crippen LogP contribution in [0.25, 0.3) is 0 Å². The molecule has 2 fully saturated rings. The molecule has 2 rings (SSSR count). The first kappa shape index (κ1) is 11.9. The largest absolute Gasteiger partial charge is 0.352 e. The van der Waals surface area contributed by atoms with Gasteiger partial charge in [-0.3, -0.25) is 4.79 Å². The topological polar surface area (TPSA) is 41.1 Å². The van der Waals surface area contributed by atoms with Crippen LogP contribution in [0.4, 0.5) is 0 Å². The number of hydrogen-bond donors (Lipinski definition) is 2. The molecule has 1 aliphatic heterocycles. The molecule has 0 radical (unpaired) electrons. The van der Waals surface area contributed by atoms with E-state index in [9.17, 15) is 4.79 Å². The molecule has 92 valence electrons. The number of carbonyl (C=O) groups excluding carboxylic acids is 1.